The molecule has 0 spiro atoms. The van der Waals surface area contributed by atoms with Crippen molar-refractivity contribution in [1.29, 1.82) is 5.41 Å². The number of rotatable bonds is 2. The highest BCUT2D eigenvalue weighted by atomic mass is 16.4. The Bertz CT molecular complexity index is 974. The standard InChI is InChI=1S/C18H16N2O3/c1-10-6-7-14(11(2)8-10)20-18(22)13-9-12-4-3-5-15(21)16(12)23-17(13)19/h3-9,19,21H,1-2H3,(H,20,22). The molecule has 1 amide bonds. The molecule has 1 aromatic heterocycles. The predicted molar refractivity (Wildman–Crippen MR) is 87.6 cm³/mol. The summed E-state index contributed by atoms with van der Waals surface area (Å²) in [7, 11) is 0. The molecule has 0 fully saturated rings. The Kier molecular flexibility index (Phi) is 3.62. The Morgan fingerprint density at radius 2 is 1.96 bits per heavy atom. The van der Waals surface area contributed by atoms with Crippen molar-refractivity contribution in [3.63, 3.8) is 0 Å². The van der Waals surface area contributed by atoms with Crippen LogP contribution in [0, 0.1) is 19.3 Å². The van der Waals surface area contributed by atoms with Crippen LogP contribution in [0.4, 0.5) is 5.69 Å². The van der Waals surface area contributed by atoms with E-state index in [4.69, 9.17) is 9.83 Å². The van der Waals surface area contributed by atoms with Crippen LogP contribution in [0.25, 0.3) is 11.0 Å². The summed E-state index contributed by atoms with van der Waals surface area (Å²) in [5.41, 5.74) is 2.76. The van der Waals surface area contributed by atoms with Crippen LogP contribution in [-0.4, -0.2) is 11.0 Å². The highest BCUT2D eigenvalue weighted by molar-refractivity contribution is 6.05. The molecule has 0 radical (unpaired) electrons. The number of carbonyl (C=O) groups is 1. The van der Waals surface area contributed by atoms with Gasteiger partial charge in [0.15, 0.2) is 11.3 Å². The Labute approximate surface area is 132 Å². The number of amides is 1. The number of fused-ring (bicyclic) bond motifs is 1. The lowest BCUT2D eigenvalue weighted by Crippen LogP contribution is -2.21. The number of carbonyl (C=O) groups excluding carboxylic acids is 1. The van der Waals surface area contributed by atoms with E-state index in [1.165, 1.54) is 6.07 Å². The number of nitrogens with one attached hydrogen (secondary N) is 2. The fourth-order valence-electron chi connectivity index (χ4n) is 2.46. The fraction of sp³-hybridized carbons (Fsp3) is 0.111. The van der Waals surface area contributed by atoms with Gasteiger partial charge in [0, 0.05) is 11.1 Å². The number of aromatic hydroxyl groups is 1. The van der Waals surface area contributed by atoms with Gasteiger partial charge >= 0.3 is 0 Å². The van der Waals surface area contributed by atoms with E-state index in [-0.39, 0.29) is 22.5 Å². The third-order valence-corrected chi connectivity index (χ3v) is 3.65. The third-order valence-electron chi connectivity index (χ3n) is 3.65. The summed E-state index contributed by atoms with van der Waals surface area (Å²) in [5.74, 6) is -0.478. The van der Waals surface area contributed by atoms with Gasteiger partial charge in [-0.3, -0.25) is 10.2 Å². The van der Waals surface area contributed by atoms with Crippen LogP contribution in [0.1, 0.15) is 21.5 Å². The molecule has 0 aliphatic heterocycles. The maximum atomic E-state index is 12.4. The van der Waals surface area contributed by atoms with Crippen molar-refractivity contribution in [3.8, 4) is 5.75 Å². The molecule has 23 heavy (non-hydrogen) atoms. The smallest absolute Gasteiger partial charge is 0.261 e. The van der Waals surface area contributed by atoms with E-state index < -0.39 is 5.91 Å². The predicted octanol–water partition coefficient (Wildman–Crippen LogP) is 3.49. The van der Waals surface area contributed by atoms with Gasteiger partial charge in [0.25, 0.3) is 5.91 Å². The van der Waals surface area contributed by atoms with Gasteiger partial charge < -0.3 is 14.8 Å². The van der Waals surface area contributed by atoms with Gasteiger partial charge in [-0.1, -0.05) is 29.8 Å². The molecule has 0 unspecified atom stereocenters. The molecule has 0 saturated heterocycles. The highest BCUT2D eigenvalue weighted by Gasteiger charge is 2.14. The summed E-state index contributed by atoms with van der Waals surface area (Å²) < 4.78 is 5.29. The third kappa shape index (κ3) is 2.81. The van der Waals surface area contributed by atoms with Gasteiger partial charge in [-0.2, -0.15) is 0 Å². The van der Waals surface area contributed by atoms with Crippen molar-refractivity contribution in [2.24, 2.45) is 0 Å². The second-order valence-electron chi connectivity index (χ2n) is 5.46. The quantitative estimate of drug-likeness (QED) is 0.677. The van der Waals surface area contributed by atoms with Crippen LogP contribution in [0.5, 0.6) is 5.75 Å². The molecular formula is C18H16N2O3. The number of phenolic OH excluding ortho intramolecular Hbond substituents is 1. The molecule has 5 nitrogen and oxygen atoms in total. The zero-order chi connectivity index (χ0) is 16.6. The molecule has 3 N–H and O–H groups in total. The molecule has 2 aromatic carbocycles. The summed E-state index contributed by atoms with van der Waals surface area (Å²) in [5, 5.41) is 21.0. The summed E-state index contributed by atoms with van der Waals surface area (Å²) >= 11 is 0. The Hall–Kier alpha value is -3.08. The van der Waals surface area contributed by atoms with Crippen molar-refractivity contribution < 1.29 is 14.3 Å². The Morgan fingerprint density at radius 1 is 1.17 bits per heavy atom. The zero-order valence-electron chi connectivity index (χ0n) is 12.8. The average molecular weight is 308 g/mol. The molecule has 116 valence electrons. The number of benzene rings is 2. The molecule has 3 rings (SSSR count). The summed E-state index contributed by atoms with van der Waals surface area (Å²) in [6, 6.07) is 12.1. The van der Waals surface area contributed by atoms with Crippen LogP contribution in [0.2, 0.25) is 0 Å². The minimum absolute atomic E-state index is 0.0580. The number of anilines is 1. The Balaban J connectivity index is 2.01. The van der Waals surface area contributed by atoms with E-state index in [1.807, 2.05) is 32.0 Å². The largest absolute Gasteiger partial charge is 0.504 e. The van der Waals surface area contributed by atoms with E-state index >= 15 is 0 Å². The monoisotopic (exact) mass is 308 g/mol. The first kappa shape index (κ1) is 14.8. The molecule has 0 bridgehead atoms. The highest BCUT2D eigenvalue weighted by Crippen LogP contribution is 2.23. The van der Waals surface area contributed by atoms with E-state index in [9.17, 15) is 9.90 Å². The number of aryl methyl sites for hydroxylation is 2. The van der Waals surface area contributed by atoms with E-state index in [0.717, 1.165) is 11.1 Å². The number of hydrogen-bond acceptors (Lipinski definition) is 4. The second-order valence-corrected chi connectivity index (χ2v) is 5.46. The lowest BCUT2D eigenvalue weighted by molar-refractivity contribution is 0.102. The van der Waals surface area contributed by atoms with Crippen molar-refractivity contribution in [2.45, 2.75) is 13.8 Å². The van der Waals surface area contributed by atoms with Crippen LogP contribution in [-0.2, 0) is 0 Å². The first-order chi connectivity index (χ1) is 11.0. The number of phenols is 1. The van der Waals surface area contributed by atoms with Crippen LogP contribution >= 0.6 is 0 Å². The maximum absolute atomic E-state index is 12.4. The van der Waals surface area contributed by atoms with Gasteiger partial charge in [0.05, 0.1) is 0 Å². The van der Waals surface area contributed by atoms with Gasteiger partial charge in [-0.25, -0.2) is 0 Å². The molecular weight excluding hydrogens is 292 g/mol. The first-order valence-corrected chi connectivity index (χ1v) is 7.15. The van der Waals surface area contributed by atoms with Crippen molar-refractivity contribution in [1.82, 2.24) is 0 Å². The van der Waals surface area contributed by atoms with Crippen LogP contribution in [0.15, 0.2) is 46.9 Å². The average Bonchev–Trinajstić information content (AvgIpc) is 2.50. The molecule has 0 aliphatic rings. The Morgan fingerprint density at radius 3 is 2.70 bits per heavy atom. The van der Waals surface area contributed by atoms with Gasteiger partial charge in [0.1, 0.15) is 5.56 Å². The van der Waals surface area contributed by atoms with Crippen molar-refractivity contribution in [2.75, 3.05) is 5.32 Å². The van der Waals surface area contributed by atoms with Crippen molar-refractivity contribution >= 4 is 22.6 Å². The number of para-hydroxylation sites is 1. The maximum Gasteiger partial charge on any atom is 0.261 e. The topological polar surface area (TPSA) is 86.3 Å². The van der Waals surface area contributed by atoms with E-state index in [2.05, 4.69) is 5.32 Å². The van der Waals surface area contributed by atoms with Crippen LogP contribution < -0.4 is 10.9 Å². The second kappa shape index (κ2) is 5.61. The molecule has 5 heteroatoms. The summed E-state index contributed by atoms with van der Waals surface area (Å²) in [4.78, 5) is 12.4. The zero-order valence-corrected chi connectivity index (χ0v) is 12.8. The molecule has 0 atom stereocenters. The first-order valence-electron chi connectivity index (χ1n) is 7.15. The van der Waals surface area contributed by atoms with Gasteiger partial charge in [-0.15, -0.1) is 0 Å². The van der Waals surface area contributed by atoms with E-state index in [1.54, 1.807) is 18.2 Å². The van der Waals surface area contributed by atoms with Gasteiger partial charge in [0.2, 0.25) is 5.55 Å². The molecule has 0 aliphatic carbocycles. The minimum Gasteiger partial charge on any atom is -0.504 e. The molecule has 3 aromatic rings. The van der Waals surface area contributed by atoms with Gasteiger partial charge in [-0.05, 0) is 37.6 Å². The molecule has 0 saturated carbocycles. The summed E-state index contributed by atoms with van der Waals surface area (Å²) in [6.07, 6.45) is 0. The lowest BCUT2D eigenvalue weighted by atomic mass is 10.1. The SMILES string of the molecule is Cc1ccc(NC(=O)c2cc3cccc(O)c3oc2=N)c(C)c1. The lowest BCUT2D eigenvalue weighted by Gasteiger charge is -2.09. The normalized spacial score (nSPS) is 10.7. The minimum atomic E-state index is -0.420. The molecule has 1 heterocycles. The van der Waals surface area contributed by atoms with E-state index in [0.29, 0.717) is 11.1 Å². The fourth-order valence-corrected chi connectivity index (χ4v) is 2.46. The van der Waals surface area contributed by atoms with Crippen molar-refractivity contribution in [3.05, 3.63) is 64.7 Å². The number of hydrogen-bond donors (Lipinski definition) is 3. The summed E-state index contributed by atoms with van der Waals surface area (Å²) in [6.45, 7) is 3.89. The van der Waals surface area contributed by atoms with Crippen LogP contribution in [0.3, 0.4) is 0 Å².